The number of hydrogen-bond acceptors (Lipinski definition) is 2. The molecule has 1 heterocycles. The number of aromatic amines is 1. The Labute approximate surface area is 145 Å². The number of carbonyl (C=O) groups is 1. The first kappa shape index (κ1) is 16.5. The lowest BCUT2D eigenvalue weighted by Crippen LogP contribution is -2.14. The van der Waals surface area contributed by atoms with Crippen LogP contribution in [0.25, 0.3) is 10.9 Å². The molecule has 0 aliphatic rings. The summed E-state index contributed by atoms with van der Waals surface area (Å²) in [6, 6.07) is 10.8. The summed E-state index contributed by atoms with van der Waals surface area (Å²) in [5.41, 5.74) is 0.836. The molecule has 0 bridgehead atoms. The van der Waals surface area contributed by atoms with Crippen LogP contribution in [0.15, 0.2) is 42.5 Å². The normalized spacial score (nSPS) is 11.0. The Balaban J connectivity index is 1.92. The molecular formula is C16H10Cl2F2N2O2. The third-order valence-corrected chi connectivity index (χ3v) is 3.90. The van der Waals surface area contributed by atoms with Gasteiger partial charge in [0.2, 0.25) is 0 Å². The third kappa shape index (κ3) is 3.29. The highest BCUT2D eigenvalue weighted by molar-refractivity contribution is 6.40. The summed E-state index contributed by atoms with van der Waals surface area (Å²) in [7, 11) is 0. The largest absolute Gasteiger partial charge is 0.433 e. The van der Waals surface area contributed by atoms with Gasteiger partial charge >= 0.3 is 6.61 Å². The summed E-state index contributed by atoms with van der Waals surface area (Å²) >= 11 is 12.1. The lowest BCUT2D eigenvalue weighted by Gasteiger charge is -2.11. The Morgan fingerprint density at radius 2 is 1.92 bits per heavy atom. The van der Waals surface area contributed by atoms with E-state index in [1.54, 1.807) is 24.3 Å². The van der Waals surface area contributed by atoms with Gasteiger partial charge in [0, 0.05) is 15.9 Å². The van der Waals surface area contributed by atoms with Crippen molar-refractivity contribution in [3.8, 4) is 5.75 Å². The molecule has 0 aliphatic carbocycles. The van der Waals surface area contributed by atoms with E-state index >= 15 is 0 Å². The molecule has 0 saturated carbocycles. The lowest BCUT2D eigenvalue weighted by atomic mass is 10.2. The van der Waals surface area contributed by atoms with E-state index in [0.717, 1.165) is 0 Å². The highest BCUT2D eigenvalue weighted by atomic mass is 35.5. The molecule has 0 spiro atoms. The van der Waals surface area contributed by atoms with Crippen LogP contribution in [0.5, 0.6) is 5.75 Å². The van der Waals surface area contributed by atoms with Crippen LogP contribution in [0.1, 0.15) is 10.5 Å². The second kappa shape index (κ2) is 6.67. The van der Waals surface area contributed by atoms with Crippen LogP contribution in [0.3, 0.4) is 0 Å². The highest BCUT2D eigenvalue weighted by Crippen LogP contribution is 2.31. The first-order chi connectivity index (χ1) is 11.5. The number of amides is 1. The highest BCUT2D eigenvalue weighted by Gasteiger charge is 2.18. The van der Waals surface area contributed by atoms with Gasteiger partial charge in [0.05, 0.1) is 10.7 Å². The number of carbonyl (C=O) groups excluding carboxylic acids is 1. The van der Waals surface area contributed by atoms with Crippen molar-refractivity contribution in [2.45, 2.75) is 6.61 Å². The lowest BCUT2D eigenvalue weighted by molar-refractivity contribution is -0.0493. The minimum Gasteiger partial charge on any atom is -0.433 e. The van der Waals surface area contributed by atoms with Gasteiger partial charge < -0.3 is 15.0 Å². The van der Waals surface area contributed by atoms with Crippen molar-refractivity contribution >= 4 is 45.7 Å². The Morgan fingerprint density at radius 1 is 1.17 bits per heavy atom. The van der Waals surface area contributed by atoms with Crippen molar-refractivity contribution in [1.82, 2.24) is 4.98 Å². The monoisotopic (exact) mass is 370 g/mol. The van der Waals surface area contributed by atoms with Gasteiger partial charge in [-0.05, 0) is 30.3 Å². The first-order valence-electron chi connectivity index (χ1n) is 6.77. The minimum absolute atomic E-state index is 0.0979. The molecule has 8 heteroatoms. The molecule has 3 aromatic rings. The number of nitrogens with one attached hydrogen (secondary N) is 2. The van der Waals surface area contributed by atoms with Gasteiger partial charge in [0.1, 0.15) is 11.4 Å². The molecule has 1 aromatic heterocycles. The predicted octanol–water partition coefficient (Wildman–Crippen LogP) is 5.33. The number of ether oxygens (including phenoxy) is 1. The molecule has 0 unspecified atom stereocenters. The zero-order valence-corrected chi connectivity index (χ0v) is 13.5. The van der Waals surface area contributed by atoms with Crippen molar-refractivity contribution in [1.29, 1.82) is 0 Å². The molecule has 2 N–H and O–H groups in total. The van der Waals surface area contributed by atoms with Gasteiger partial charge in [-0.15, -0.1) is 0 Å². The summed E-state index contributed by atoms with van der Waals surface area (Å²) in [4.78, 5) is 15.3. The molecule has 1 amide bonds. The van der Waals surface area contributed by atoms with E-state index in [2.05, 4.69) is 15.0 Å². The van der Waals surface area contributed by atoms with Crippen LogP contribution in [0.2, 0.25) is 10.0 Å². The van der Waals surface area contributed by atoms with Gasteiger partial charge in [0.25, 0.3) is 5.91 Å². The van der Waals surface area contributed by atoms with Crippen LogP contribution >= 0.6 is 23.2 Å². The van der Waals surface area contributed by atoms with E-state index in [9.17, 15) is 13.6 Å². The molecule has 0 aliphatic heterocycles. The standard InChI is InChI=1S/C16H10Cl2F2N2O2/c17-8-5-6-10-9(7-8)13(18)14(21-10)15(23)22-11-3-1-2-4-12(11)24-16(19)20/h1-7,16,21H,(H,22,23). The van der Waals surface area contributed by atoms with Crippen molar-refractivity contribution in [2.75, 3.05) is 5.32 Å². The fourth-order valence-electron chi connectivity index (χ4n) is 2.24. The third-order valence-electron chi connectivity index (χ3n) is 3.28. The summed E-state index contributed by atoms with van der Waals surface area (Å²) in [5.74, 6) is -0.728. The Hall–Kier alpha value is -2.31. The van der Waals surface area contributed by atoms with Gasteiger partial charge in [0.15, 0.2) is 0 Å². The summed E-state index contributed by atoms with van der Waals surface area (Å²) < 4.78 is 29.2. The molecular weight excluding hydrogens is 361 g/mol. The number of benzene rings is 2. The summed E-state index contributed by atoms with van der Waals surface area (Å²) in [6.07, 6.45) is 0. The summed E-state index contributed by atoms with van der Waals surface area (Å²) in [5, 5.41) is 3.76. The van der Waals surface area contributed by atoms with Crippen molar-refractivity contribution in [3.05, 3.63) is 58.2 Å². The van der Waals surface area contributed by atoms with Crippen LogP contribution in [0.4, 0.5) is 14.5 Å². The number of aromatic nitrogens is 1. The second-order valence-corrected chi connectivity index (χ2v) is 5.65. The number of hydrogen-bond donors (Lipinski definition) is 2. The Bertz CT molecular complexity index is 912. The molecule has 0 radical (unpaired) electrons. The van der Waals surface area contributed by atoms with E-state index < -0.39 is 12.5 Å². The quantitative estimate of drug-likeness (QED) is 0.652. The fourth-order valence-corrected chi connectivity index (χ4v) is 2.70. The smallest absolute Gasteiger partial charge is 0.387 e. The molecule has 0 saturated heterocycles. The maximum atomic E-state index is 12.4. The number of H-pyrrole nitrogens is 1. The molecule has 0 fully saturated rings. The van der Waals surface area contributed by atoms with Crippen molar-refractivity contribution < 1.29 is 18.3 Å². The van der Waals surface area contributed by atoms with Gasteiger partial charge in [-0.1, -0.05) is 35.3 Å². The number of alkyl halides is 2. The fraction of sp³-hybridized carbons (Fsp3) is 0.0625. The second-order valence-electron chi connectivity index (χ2n) is 4.83. The Morgan fingerprint density at radius 3 is 2.67 bits per heavy atom. The predicted molar refractivity (Wildman–Crippen MR) is 89.3 cm³/mol. The topological polar surface area (TPSA) is 54.1 Å². The van der Waals surface area contributed by atoms with Crippen molar-refractivity contribution in [3.63, 3.8) is 0 Å². The molecule has 24 heavy (non-hydrogen) atoms. The first-order valence-corrected chi connectivity index (χ1v) is 7.53. The van der Waals surface area contributed by atoms with Crippen LogP contribution in [-0.2, 0) is 0 Å². The van der Waals surface area contributed by atoms with Crippen LogP contribution in [0, 0.1) is 0 Å². The van der Waals surface area contributed by atoms with Gasteiger partial charge in [-0.2, -0.15) is 8.78 Å². The zero-order valence-electron chi connectivity index (χ0n) is 11.9. The SMILES string of the molecule is O=C(Nc1ccccc1OC(F)F)c1[nH]c2ccc(Cl)cc2c1Cl. The van der Waals surface area contributed by atoms with E-state index in [1.165, 1.54) is 18.2 Å². The van der Waals surface area contributed by atoms with Gasteiger partial charge in [-0.3, -0.25) is 4.79 Å². The average molecular weight is 371 g/mol. The number of halogens is 4. The Kier molecular flexibility index (Phi) is 4.59. The molecule has 124 valence electrons. The molecule has 3 rings (SSSR count). The zero-order chi connectivity index (χ0) is 17.3. The number of fused-ring (bicyclic) bond motifs is 1. The van der Waals surface area contributed by atoms with Crippen LogP contribution in [-0.4, -0.2) is 17.5 Å². The minimum atomic E-state index is -3.00. The molecule has 4 nitrogen and oxygen atoms in total. The van der Waals surface area contributed by atoms with Gasteiger partial charge in [-0.25, -0.2) is 0 Å². The number of para-hydroxylation sites is 2. The van der Waals surface area contributed by atoms with E-state index in [1.807, 2.05) is 0 Å². The number of anilines is 1. The summed E-state index contributed by atoms with van der Waals surface area (Å²) in [6.45, 7) is -3.00. The molecule has 0 atom stereocenters. The average Bonchev–Trinajstić information content (AvgIpc) is 2.85. The maximum Gasteiger partial charge on any atom is 0.387 e. The number of rotatable bonds is 4. The van der Waals surface area contributed by atoms with E-state index in [0.29, 0.717) is 15.9 Å². The molecule has 2 aromatic carbocycles. The van der Waals surface area contributed by atoms with E-state index in [4.69, 9.17) is 23.2 Å². The van der Waals surface area contributed by atoms with E-state index in [-0.39, 0.29) is 22.2 Å². The van der Waals surface area contributed by atoms with Crippen LogP contribution < -0.4 is 10.1 Å². The maximum absolute atomic E-state index is 12.4. The van der Waals surface area contributed by atoms with Crippen molar-refractivity contribution in [2.24, 2.45) is 0 Å².